The fourth-order valence-corrected chi connectivity index (χ4v) is 11.0. The van der Waals surface area contributed by atoms with Gasteiger partial charge in [-0.25, -0.2) is 18.6 Å². The first-order valence-electron chi connectivity index (χ1n) is 22.9. The second-order valence-electron chi connectivity index (χ2n) is 19.5. The van der Waals surface area contributed by atoms with Gasteiger partial charge in [-0.05, 0) is 95.3 Å². The monoisotopic (exact) mass is 985 g/mol. The number of likely N-dealkylation sites (tertiary alicyclic amines) is 1. The molecule has 2 aromatic heterocycles. The van der Waals surface area contributed by atoms with Gasteiger partial charge in [0.25, 0.3) is 5.56 Å². The molecule has 0 unspecified atom stereocenters. The number of nitrogens with one attached hydrogen (secondary N) is 2. The highest BCUT2D eigenvalue weighted by Gasteiger charge is 2.45. The van der Waals surface area contributed by atoms with Gasteiger partial charge in [-0.3, -0.25) is 38.6 Å². The summed E-state index contributed by atoms with van der Waals surface area (Å²) < 4.78 is 75.9. The van der Waals surface area contributed by atoms with Crippen LogP contribution in [0.1, 0.15) is 77.3 Å². The number of halogens is 2. The molecule has 3 N–H and O–H groups in total. The average Bonchev–Trinajstić information content (AvgIpc) is 3.86. The number of imide groups is 1. The topological polar surface area (TPSA) is 238 Å². The van der Waals surface area contributed by atoms with E-state index in [9.17, 15) is 38.0 Å². The van der Waals surface area contributed by atoms with Crippen LogP contribution in [0.25, 0.3) is 21.8 Å². The molecule has 0 saturated carbocycles. The number of carbonyl (C=O) groups excluding carboxylic acids is 3. The van der Waals surface area contributed by atoms with Crippen LogP contribution >= 0.6 is 0 Å². The summed E-state index contributed by atoms with van der Waals surface area (Å²) in [5.41, 5.74) is -2.47. The van der Waals surface area contributed by atoms with Crippen molar-refractivity contribution in [2.24, 2.45) is 7.05 Å². The van der Waals surface area contributed by atoms with Gasteiger partial charge < -0.3 is 24.4 Å². The Morgan fingerprint density at radius 2 is 1.76 bits per heavy atom. The Hall–Kier alpha value is -6.74. The summed E-state index contributed by atoms with van der Waals surface area (Å²) in [6.07, 6.45) is 3.38. The highest BCUT2D eigenvalue weighted by Crippen LogP contribution is 2.42. The van der Waals surface area contributed by atoms with Crippen LogP contribution in [0.5, 0.6) is 11.5 Å². The van der Waals surface area contributed by atoms with Crippen molar-refractivity contribution in [3.05, 3.63) is 76.3 Å². The van der Waals surface area contributed by atoms with E-state index < -0.39 is 67.5 Å². The van der Waals surface area contributed by atoms with Crippen molar-refractivity contribution in [2.45, 2.75) is 88.5 Å². The number of aliphatic hydroxyl groups is 1. The quantitative estimate of drug-likeness (QED) is 0.171. The van der Waals surface area contributed by atoms with E-state index in [-0.39, 0.29) is 73.3 Å². The fraction of sp³-hybridized carbons (Fsp3) is 0.468. The largest absolute Gasteiger partial charge is 0.453 e. The first kappa shape index (κ1) is 48.3. The van der Waals surface area contributed by atoms with Gasteiger partial charge in [0.1, 0.15) is 23.2 Å². The normalized spacial score (nSPS) is 19.5. The van der Waals surface area contributed by atoms with Crippen LogP contribution in [0, 0.1) is 23.0 Å². The lowest BCUT2D eigenvalue weighted by Gasteiger charge is -2.42. The lowest BCUT2D eigenvalue weighted by molar-refractivity contribution is -0.142. The molecule has 370 valence electrons. The Morgan fingerprint density at radius 3 is 2.44 bits per heavy atom. The second kappa shape index (κ2) is 17.9. The van der Waals surface area contributed by atoms with Crippen LogP contribution in [0.2, 0.25) is 0 Å². The molecular weight excluding hydrogens is 933 g/mol. The SMILES string of the molecule is CN(C(C)(C)C)S(=O)(=O)Nc1ccc(F)c(Oc2ccc3ncn([C@H]4COC5(CCN(C(=O)CC6(O)CCN(c7cc8c(cc7F)c(N7CCC(=O)NC7=O)nn8C)CC6)CC5)C4)c(=O)c3c2)c1C#N. The number of piperidine rings is 2. The standard InChI is InChI=1S/C47H53F2N11O9S/c1-45(2,3)56(5)70(66,67)54-36-9-7-33(48)41(32(36)25-50)69-29-6-8-35-30(20-29)43(63)60(27-51-35)28-23-47(68-26-28)13-18-58(19-14-47)40(62)24-46(65)11-16-57(17-12-46)38-22-37-31(21-34(38)49)42(53-55(37)4)59-15-10-39(61)52-44(59)64/h6-9,20-22,27-28,54,65H,10-19,23-24,26H2,1-5H3,(H,52,61,64)/t28-/m1/s1. The van der Waals surface area contributed by atoms with E-state index in [1.54, 1.807) is 43.5 Å². The molecule has 4 amide bonds. The molecule has 4 aliphatic heterocycles. The molecule has 9 rings (SSSR count). The Labute approximate surface area is 401 Å². The number of amides is 4. The Kier molecular flexibility index (Phi) is 12.3. The molecule has 3 aromatic carbocycles. The number of benzene rings is 3. The molecule has 4 fully saturated rings. The van der Waals surface area contributed by atoms with E-state index in [1.807, 2.05) is 11.0 Å². The second-order valence-corrected chi connectivity index (χ2v) is 21.2. The smallest absolute Gasteiger partial charge is 0.329 e. The molecular formula is C47H53F2N11O9S. The van der Waals surface area contributed by atoms with Crippen LogP contribution in [-0.4, -0.2) is 123 Å². The van der Waals surface area contributed by atoms with E-state index in [1.165, 1.54) is 47.1 Å². The number of aromatic nitrogens is 4. The maximum absolute atomic E-state index is 15.7. The maximum Gasteiger partial charge on any atom is 0.329 e. The number of carbonyl (C=O) groups is 3. The van der Waals surface area contributed by atoms with Gasteiger partial charge in [0, 0.05) is 64.2 Å². The number of hydrogen-bond acceptors (Lipinski definition) is 13. The lowest BCUT2D eigenvalue weighted by atomic mass is 9.85. The molecule has 0 aliphatic carbocycles. The minimum absolute atomic E-state index is 0.0106. The number of hydrogen-bond donors (Lipinski definition) is 3. The Bertz CT molecular complexity index is 3170. The molecule has 1 atom stereocenters. The average molecular weight is 986 g/mol. The van der Waals surface area contributed by atoms with Crippen LogP contribution in [0.4, 0.5) is 30.8 Å². The van der Waals surface area contributed by atoms with Crippen molar-refractivity contribution in [2.75, 3.05) is 60.9 Å². The van der Waals surface area contributed by atoms with Crippen molar-refractivity contribution in [1.82, 2.24) is 33.9 Å². The first-order chi connectivity index (χ1) is 33.1. The number of rotatable bonds is 10. The summed E-state index contributed by atoms with van der Waals surface area (Å²) >= 11 is 0. The predicted octanol–water partition coefficient (Wildman–Crippen LogP) is 4.80. The Morgan fingerprint density at radius 1 is 1.03 bits per heavy atom. The summed E-state index contributed by atoms with van der Waals surface area (Å²) in [5.74, 6) is -2.31. The third-order valence-corrected chi connectivity index (χ3v) is 15.8. The summed E-state index contributed by atoms with van der Waals surface area (Å²) in [6, 6.07) is 10.3. The molecule has 4 saturated heterocycles. The van der Waals surface area contributed by atoms with Gasteiger partial charge in [0.2, 0.25) is 11.8 Å². The van der Waals surface area contributed by atoms with Crippen molar-refractivity contribution in [1.29, 1.82) is 5.26 Å². The molecule has 23 heteroatoms. The first-order valence-corrected chi connectivity index (χ1v) is 24.4. The highest BCUT2D eigenvalue weighted by molar-refractivity contribution is 7.90. The summed E-state index contributed by atoms with van der Waals surface area (Å²) in [6.45, 7) is 6.74. The number of aryl methyl sites for hydroxylation is 1. The number of urea groups is 1. The molecule has 70 heavy (non-hydrogen) atoms. The van der Waals surface area contributed by atoms with Gasteiger partial charge >= 0.3 is 16.2 Å². The van der Waals surface area contributed by atoms with E-state index >= 15 is 8.78 Å². The third kappa shape index (κ3) is 9.11. The number of nitrogens with zero attached hydrogens (tertiary/aromatic N) is 9. The number of ether oxygens (including phenoxy) is 2. The van der Waals surface area contributed by atoms with E-state index in [0.29, 0.717) is 67.5 Å². The zero-order chi connectivity index (χ0) is 50.1. The number of anilines is 3. The van der Waals surface area contributed by atoms with Crippen LogP contribution in [-0.2, 0) is 31.6 Å². The van der Waals surface area contributed by atoms with Crippen LogP contribution < -0.4 is 30.1 Å². The molecule has 20 nitrogen and oxygen atoms in total. The number of fused-ring (bicyclic) bond motifs is 2. The van der Waals surface area contributed by atoms with Crippen molar-refractivity contribution < 1.29 is 46.2 Å². The van der Waals surface area contributed by atoms with Gasteiger partial charge in [-0.15, -0.1) is 0 Å². The van der Waals surface area contributed by atoms with Crippen molar-refractivity contribution >= 4 is 67.1 Å². The molecule has 0 radical (unpaired) electrons. The molecule has 6 heterocycles. The van der Waals surface area contributed by atoms with Gasteiger partial charge in [0.15, 0.2) is 17.4 Å². The summed E-state index contributed by atoms with van der Waals surface area (Å²) in [4.78, 5) is 61.3. The zero-order valence-corrected chi connectivity index (χ0v) is 40.1. The summed E-state index contributed by atoms with van der Waals surface area (Å²) in [7, 11) is -1.10. The molecule has 5 aromatic rings. The third-order valence-electron chi connectivity index (χ3n) is 14.1. The molecule has 4 aliphatic rings. The summed E-state index contributed by atoms with van der Waals surface area (Å²) in [5, 5.41) is 28.9. The highest BCUT2D eigenvalue weighted by atomic mass is 32.2. The van der Waals surface area contributed by atoms with E-state index in [2.05, 4.69) is 20.1 Å². The van der Waals surface area contributed by atoms with Crippen LogP contribution in [0.3, 0.4) is 0 Å². The Balaban J connectivity index is 0.814. The number of nitriles is 1. The minimum Gasteiger partial charge on any atom is -0.453 e. The van der Waals surface area contributed by atoms with Gasteiger partial charge in [-0.2, -0.15) is 23.1 Å². The van der Waals surface area contributed by atoms with Crippen molar-refractivity contribution in [3.63, 3.8) is 0 Å². The fourth-order valence-electron chi connectivity index (χ4n) is 9.68. The minimum atomic E-state index is -4.16. The van der Waals surface area contributed by atoms with Crippen LogP contribution in [0.15, 0.2) is 53.6 Å². The van der Waals surface area contributed by atoms with Gasteiger partial charge in [-0.1, -0.05) is 0 Å². The predicted molar refractivity (Wildman–Crippen MR) is 253 cm³/mol. The molecule has 1 spiro atoms. The van der Waals surface area contributed by atoms with E-state index in [4.69, 9.17) is 9.47 Å². The maximum atomic E-state index is 15.7. The van der Waals surface area contributed by atoms with E-state index in [0.717, 1.165) is 16.4 Å². The van der Waals surface area contributed by atoms with Gasteiger partial charge in [0.05, 0.1) is 64.4 Å². The zero-order valence-electron chi connectivity index (χ0n) is 39.3. The lowest BCUT2D eigenvalue weighted by Crippen LogP contribution is -2.51. The van der Waals surface area contributed by atoms with Crippen molar-refractivity contribution in [3.8, 4) is 17.6 Å². The molecule has 0 bridgehead atoms.